The van der Waals surface area contributed by atoms with Crippen molar-refractivity contribution in [2.45, 2.75) is 38.9 Å². The number of nitrogens with one attached hydrogen (secondary N) is 1. The van der Waals surface area contributed by atoms with Crippen LogP contribution in [0, 0.1) is 6.92 Å². The third-order valence-electron chi connectivity index (χ3n) is 5.19. The summed E-state index contributed by atoms with van der Waals surface area (Å²) in [5, 5.41) is 4.24. The summed E-state index contributed by atoms with van der Waals surface area (Å²) in [6, 6.07) is 15.0. The number of halogens is 1. The Labute approximate surface area is 179 Å². The third kappa shape index (κ3) is 3.47. The van der Waals surface area contributed by atoms with Crippen LogP contribution in [-0.4, -0.2) is 14.7 Å². The molecule has 0 aliphatic carbocycles. The summed E-state index contributed by atoms with van der Waals surface area (Å²) in [6.07, 6.45) is 6.20. The molecule has 0 unspecified atom stereocenters. The summed E-state index contributed by atoms with van der Waals surface area (Å²) in [5.41, 5.74) is 4.47. The Balaban J connectivity index is 1.82. The number of pyridine rings is 1. The first-order valence-corrected chi connectivity index (χ1v) is 10.6. The molecule has 6 heteroatoms. The number of thiocarbonyl (C=S) groups is 1. The van der Waals surface area contributed by atoms with Crippen molar-refractivity contribution in [3.63, 3.8) is 0 Å². The van der Waals surface area contributed by atoms with E-state index in [2.05, 4.69) is 99.2 Å². The van der Waals surface area contributed by atoms with E-state index in [0.717, 1.165) is 21.0 Å². The topological polar surface area (TPSA) is 33.1 Å². The molecular weight excluding hydrogens is 432 g/mol. The average Bonchev–Trinajstić information content (AvgIpc) is 3.29. The highest BCUT2D eigenvalue weighted by Gasteiger charge is 2.41. The van der Waals surface area contributed by atoms with Crippen LogP contribution in [-0.2, 0) is 0 Å². The van der Waals surface area contributed by atoms with E-state index in [9.17, 15) is 0 Å². The first-order chi connectivity index (χ1) is 13.5. The molecule has 1 aliphatic heterocycles. The van der Waals surface area contributed by atoms with Gasteiger partial charge >= 0.3 is 0 Å². The van der Waals surface area contributed by atoms with Crippen LogP contribution in [0.3, 0.4) is 0 Å². The Morgan fingerprint density at radius 3 is 2.64 bits per heavy atom. The fourth-order valence-electron chi connectivity index (χ4n) is 3.68. The second-order valence-electron chi connectivity index (χ2n) is 7.42. The summed E-state index contributed by atoms with van der Waals surface area (Å²) in [7, 11) is 0. The molecule has 0 saturated carbocycles. The molecular formula is C22H23BrN4S. The van der Waals surface area contributed by atoms with Crippen LogP contribution in [0.2, 0.25) is 0 Å². The molecule has 1 N–H and O–H groups in total. The van der Waals surface area contributed by atoms with Crippen LogP contribution in [0.15, 0.2) is 65.5 Å². The van der Waals surface area contributed by atoms with Crippen molar-refractivity contribution in [3.8, 4) is 0 Å². The van der Waals surface area contributed by atoms with Gasteiger partial charge in [0.05, 0.1) is 17.8 Å². The Bertz CT molecular complexity index is 999. The van der Waals surface area contributed by atoms with Gasteiger partial charge in [-0.25, -0.2) is 0 Å². The Morgan fingerprint density at radius 2 is 2.00 bits per heavy atom. The molecule has 4 rings (SSSR count). The largest absolute Gasteiger partial charge is 0.351 e. The number of nitrogens with zero attached hydrogens (tertiary/aromatic N) is 3. The molecule has 0 amide bonds. The monoisotopic (exact) mass is 454 g/mol. The van der Waals surface area contributed by atoms with E-state index >= 15 is 0 Å². The van der Waals surface area contributed by atoms with Crippen molar-refractivity contribution in [3.05, 3.63) is 82.3 Å². The number of hydrogen-bond donors (Lipinski definition) is 1. The second kappa shape index (κ2) is 7.68. The van der Waals surface area contributed by atoms with Gasteiger partial charge in [0.1, 0.15) is 0 Å². The molecule has 1 saturated heterocycles. The standard InChI is InChI=1S/C22H23BrN4S/c1-14(2)26-11-9-16(13-26)21-20(19-6-4-5-10-24-19)25-22(28)27(21)17-7-8-18(23)15(3)12-17/h4-14,20-21H,1-3H3,(H,25,28)/t20-,21+/m0/s1. The van der Waals surface area contributed by atoms with Crippen molar-refractivity contribution >= 4 is 38.9 Å². The van der Waals surface area contributed by atoms with Crippen LogP contribution in [0.25, 0.3) is 0 Å². The quantitative estimate of drug-likeness (QED) is 0.511. The maximum absolute atomic E-state index is 5.78. The molecule has 28 heavy (non-hydrogen) atoms. The van der Waals surface area contributed by atoms with Gasteiger partial charge in [0.15, 0.2) is 5.11 Å². The van der Waals surface area contributed by atoms with Gasteiger partial charge in [-0.2, -0.15) is 0 Å². The Kier molecular flexibility index (Phi) is 5.25. The lowest BCUT2D eigenvalue weighted by Gasteiger charge is -2.27. The fourth-order valence-corrected chi connectivity index (χ4v) is 4.27. The number of aromatic nitrogens is 2. The molecule has 2 aromatic heterocycles. The maximum Gasteiger partial charge on any atom is 0.174 e. The number of aryl methyl sites for hydroxylation is 1. The Morgan fingerprint density at radius 1 is 1.18 bits per heavy atom. The van der Waals surface area contributed by atoms with E-state index in [1.54, 1.807) is 0 Å². The fraction of sp³-hybridized carbons (Fsp3) is 0.273. The summed E-state index contributed by atoms with van der Waals surface area (Å²) < 4.78 is 3.33. The van der Waals surface area contributed by atoms with Gasteiger partial charge in [0, 0.05) is 34.8 Å². The smallest absolute Gasteiger partial charge is 0.174 e. The van der Waals surface area contributed by atoms with Crippen molar-refractivity contribution in [2.24, 2.45) is 0 Å². The van der Waals surface area contributed by atoms with Gasteiger partial charge in [-0.15, -0.1) is 0 Å². The predicted octanol–water partition coefficient (Wildman–Crippen LogP) is 5.71. The summed E-state index contributed by atoms with van der Waals surface area (Å²) in [6.45, 7) is 6.47. The normalized spacial score (nSPS) is 19.3. The second-order valence-corrected chi connectivity index (χ2v) is 8.66. The van der Waals surface area contributed by atoms with Gasteiger partial charge in [-0.05, 0) is 80.5 Å². The van der Waals surface area contributed by atoms with Gasteiger partial charge < -0.3 is 14.8 Å². The lowest BCUT2D eigenvalue weighted by Crippen LogP contribution is -2.29. The molecule has 0 bridgehead atoms. The minimum atomic E-state index is -0.0133. The molecule has 3 heterocycles. The van der Waals surface area contributed by atoms with Gasteiger partial charge in [0.2, 0.25) is 0 Å². The molecule has 1 fully saturated rings. The average molecular weight is 455 g/mol. The molecule has 0 radical (unpaired) electrons. The molecule has 0 spiro atoms. The van der Waals surface area contributed by atoms with Crippen molar-refractivity contribution < 1.29 is 0 Å². The van der Waals surface area contributed by atoms with E-state index in [1.807, 2.05) is 18.3 Å². The molecule has 4 nitrogen and oxygen atoms in total. The minimum Gasteiger partial charge on any atom is -0.351 e. The number of benzene rings is 1. The van der Waals surface area contributed by atoms with Crippen molar-refractivity contribution in [1.82, 2.24) is 14.9 Å². The van der Waals surface area contributed by atoms with Crippen LogP contribution in [0.5, 0.6) is 0 Å². The molecule has 1 aliphatic rings. The summed E-state index contributed by atoms with van der Waals surface area (Å²) in [4.78, 5) is 6.83. The zero-order valence-electron chi connectivity index (χ0n) is 16.1. The summed E-state index contributed by atoms with van der Waals surface area (Å²) >= 11 is 9.38. The zero-order valence-corrected chi connectivity index (χ0v) is 18.5. The number of anilines is 1. The number of hydrogen-bond acceptors (Lipinski definition) is 2. The summed E-state index contributed by atoms with van der Waals surface area (Å²) in [5.74, 6) is 0. The first-order valence-electron chi connectivity index (χ1n) is 9.40. The van der Waals surface area contributed by atoms with E-state index in [-0.39, 0.29) is 12.1 Å². The highest BCUT2D eigenvalue weighted by molar-refractivity contribution is 9.10. The van der Waals surface area contributed by atoms with Gasteiger partial charge in [-0.3, -0.25) is 4.98 Å². The number of rotatable bonds is 4. The maximum atomic E-state index is 5.78. The van der Waals surface area contributed by atoms with Crippen molar-refractivity contribution in [1.29, 1.82) is 0 Å². The molecule has 3 aromatic rings. The highest BCUT2D eigenvalue weighted by atomic mass is 79.9. The minimum absolute atomic E-state index is 0.0133. The third-order valence-corrected chi connectivity index (χ3v) is 6.40. The van der Waals surface area contributed by atoms with Crippen LogP contribution >= 0.6 is 28.1 Å². The van der Waals surface area contributed by atoms with E-state index < -0.39 is 0 Å². The lowest BCUT2D eigenvalue weighted by atomic mass is 9.98. The SMILES string of the molecule is Cc1cc(N2C(=S)N[C@@H](c3ccccn3)[C@H]2c2ccn(C(C)C)c2)ccc1Br. The van der Waals surface area contributed by atoms with E-state index in [0.29, 0.717) is 6.04 Å². The van der Waals surface area contributed by atoms with Gasteiger partial charge in [-0.1, -0.05) is 22.0 Å². The predicted molar refractivity (Wildman–Crippen MR) is 122 cm³/mol. The highest BCUT2D eigenvalue weighted by Crippen LogP contribution is 2.42. The van der Waals surface area contributed by atoms with E-state index in [4.69, 9.17) is 12.2 Å². The first kappa shape index (κ1) is 19.2. The van der Waals surface area contributed by atoms with E-state index in [1.165, 1.54) is 11.1 Å². The van der Waals surface area contributed by atoms with Crippen LogP contribution < -0.4 is 10.2 Å². The molecule has 144 valence electrons. The lowest BCUT2D eigenvalue weighted by molar-refractivity contribution is 0.560. The van der Waals surface area contributed by atoms with Crippen LogP contribution in [0.4, 0.5) is 5.69 Å². The Hall–Kier alpha value is -2.18. The van der Waals surface area contributed by atoms with Crippen molar-refractivity contribution in [2.75, 3.05) is 4.90 Å². The molecule has 2 atom stereocenters. The molecule has 1 aromatic carbocycles. The van der Waals surface area contributed by atoms with Crippen LogP contribution in [0.1, 0.15) is 48.8 Å². The van der Waals surface area contributed by atoms with Gasteiger partial charge in [0.25, 0.3) is 0 Å². The zero-order chi connectivity index (χ0) is 19.8.